The van der Waals surface area contributed by atoms with Gasteiger partial charge in [0, 0.05) is 22.4 Å². The van der Waals surface area contributed by atoms with Gasteiger partial charge in [-0.1, -0.05) is 25.8 Å². The number of unbranched alkanes of at least 4 members (excludes halogenated alkanes) is 2. The Labute approximate surface area is 159 Å². The van der Waals surface area contributed by atoms with Crippen LogP contribution in [-0.2, 0) is 10.2 Å². The standard InChI is InChI=1S/C20H28FNO3S/c1-2-3-4-13-26-16-6-5-15-19(18(16)21)25-14-20(15)8-11-22(12-9-20)10-7-17(23)24/h5-6H,2-4,7-14H2,1H3,(H,23,24). The number of hydrogen-bond acceptors (Lipinski definition) is 4. The molecule has 26 heavy (non-hydrogen) atoms. The molecule has 144 valence electrons. The van der Waals surface area contributed by atoms with E-state index in [2.05, 4.69) is 17.9 Å². The number of carboxylic acids is 1. The molecule has 0 radical (unpaired) electrons. The molecule has 0 saturated carbocycles. The van der Waals surface area contributed by atoms with E-state index in [1.165, 1.54) is 12.8 Å². The van der Waals surface area contributed by atoms with E-state index in [4.69, 9.17) is 9.84 Å². The minimum absolute atomic E-state index is 0.110. The van der Waals surface area contributed by atoms with E-state index in [0.717, 1.165) is 43.7 Å². The van der Waals surface area contributed by atoms with E-state index in [9.17, 15) is 9.18 Å². The van der Waals surface area contributed by atoms with Crippen molar-refractivity contribution in [3.63, 3.8) is 0 Å². The lowest BCUT2D eigenvalue weighted by Gasteiger charge is -2.38. The molecule has 0 aromatic heterocycles. The van der Waals surface area contributed by atoms with E-state index in [1.807, 2.05) is 6.07 Å². The number of halogens is 1. The minimum atomic E-state index is -0.758. The number of carboxylic acid groups (broad SMARTS) is 1. The average molecular weight is 382 g/mol. The predicted octanol–water partition coefficient (Wildman–Crippen LogP) is 4.31. The van der Waals surface area contributed by atoms with E-state index in [1.54, 1.807) is 11.8 Å². The van der Waals surface area contributed by atoms with Crippen molar-refractivity contribution in [3.05, 3.63) is 23.5 Å². The molecule has 4 nitrogen and oxygen atoms in total. The molecule has 6 heteroatoms. The van der Waals surface area contributed by atoms with Gasteiger partial charge in [0.1, 0.15) is 0 Å². The SMILES string of the molecule is CCCCCSc1ccc2c(c1F)OCC21CCN(CCC(=O)O)CC1. The summed E-state index contributed by atoms with van der Waals surface area (Å²) in [5.41, 5.74) is 0.896. The van der Waals surface area contributed by atoms with Crippen molar-refractivity contribution in [2.75, 3.05) is 32.0 Å². The van der Waals surface area contributed by atoms with Crippen LogP contribution in [0.5, 0.6) is 5.75 Å². The molecule has 1 saturated heterocycles. The van der Waals surface area contributed by atoms with E-state index in [-0.39, 0.29) is 17.7 Å². The Bertz CT molecular complexity index is 644. The lowest BCUT2D eigenvalue weighted by Crippen LogP contribution is -2.44. The van der Waals surface area contributed by atoms with Crippen LogP contribution in [0.3, 0.4) is 0 Å². The van der Waals surface area contributed by atoms with Gasteiger partial charge in [-0.05, 0) is 44.2 Å². The summed E-state index contributed by atoms with van der Waals surface area (Å²) in [6.45, 7) is 4.97. The maximum atomic E-state index is 14.9. The molecule has 3 rings (SSSR count). The summed E-state index contributed by atoms with van der Waals surface area (Å²) in [6.07, 6.45) is 5.41. The molecular weight excluding hydrogens is 353 g/mol. The Morgan fingerprint density at radius 3 is 2.81 bits per heavy atom. The molecule has 1 fully saturated rings. The van der Waals surface area contributed by atoms with Gasteiger partial charge in [-0.3, -0.25) is 4.79 Å². The first-order valence-corrected chi connectivity index (χ1v) is 10.6. The van der Waals surface area contributed by atoms with Crippen molar-refractivity contribution in [1.29, 1.82) is 0 Å². The summed E-state index contributed by atoms with van der Waals surface area (Å²) in [5.74, 6) is 0.428. The molecule has 2 aliphatic rings. The summed E-state index contributed by atoms with van der Waals surface area (Å²) < 4.78 is 20.7. The largest absolute Gasteiger partial charge is 0.489 e. The number of carbonyl (C=O) groups is 1. The number of ether oxygens (including phenoxy) is 1. The zero-order valence-corrected chi connectivity index (χ0v) is 16.2. The van der Waals surface area contributed by atoms with Crippen LogP contribution in [0.15, 0.2) is 17.0 Å². The zero-order valence-electron chi connectivity index (χ0n) is 15.4. The molecule has 0 bridgehead atoms. The lowest BCUT2D eigenvalue weighted by molar-refractivity contribution is -0.137. The minimum Gasteiger partial charge on any atom is -0.489 e. The number of hydrogen-bond donors (Lipinski definition) is 1. The van der Waals surface area contributed by atoms with Gasteiger partial charge in [-0.15, -0.1) is 11.8 Å². The van der Waals surface area contributed by atoms with Gasteiger partial charge in [0.05, 0.1) is 13.0 Å². The van der Waals surface area contributed by atoms with Gasteiger partial charge < -0.3 is 14.7 Å². The van der Waals surface area contributed by atoms with Crippen LogP contribution in [0, 0.1) is 5.82 Å². The second kappa shape index (κ2) is 8.61. The second-order valence-electron chi connectivity index (χ2n) is 7.36. The first-order chi connectivity index (χ1) is 12.6. The van der Waals surface area contributed by atoms with Crippen molar-refractivity contribution in [3.8, 4) is 5.75 Å². The van der Waals surface area contributed by atoms with Crippen molar-refractivity contribution >= 4 is 17.7 Å². The Morgan fingerprint density at radius 1 is 1.35 bits per heavy atom. The topological polar surface area (TPSA) is 49.8 Å². The van der Waals surface area contributed by atoms with Crippen molar-refractivity contribution in [2.45, 2.75) is 55.8 Å². The number of thioether (sulfide) groups is 1. The highest BCUT2D eigenvalue weighted by Gasteiger charge is 2.44. The van der Waals surface area contributed by atoms with Gasteiger partial charge in [-0.2, -0.15) is 0 Å². The quantitative estimate of drug-likeness (QED) is 0.537. The summed E-state index contributed by atoms with van der Waals surface area (Å²) in [7, 11) is 0. The molecule has 0 unspecified atom stereocenters. The van der Waals surface area contributed by atoms with Crippen LogP contribution in [0.2, 0.25) is 0 Å². The average Bonchev–Trinajstić information content (AvgIpc) is 2.99. The third-order valence-electron chi connectivity index (χ3n) is 5.59. The first-order valence-electron chi connectivity index (χ1n) is 9.58. The van der Waals surface area contributed by atoms with Crippen LogP contribution < -0.4 is 4.74 Å². The number of rotatable bonds is 8. The van der Waals surface area contributed by atoms with Crippen LogP contribution in [0.4, 0.5) is 4.39 Å². The number of likely N-dealkylation sites (tertiary alicyclic amines) is 1. The normalized spacial score (nSPS) is 18.7. The fourth-order valence-corrected chi connectivity index (χ4v) is 4.85. The molecule has 1 spiro atoms. The van der Waals surface area contributed by atoms with E-state index < -0.39 is 5.97 Å². The summed E-state index contributed by atoms with van der Waals surface area (Å²) in [5, 5.41) is 8.84. The molecule has 0 atom stereocenters. The fourth-order valence-electron chi connectivity index (χ4n) is 3.90. The van der Waals surface area contributed by atoms with E-state index >= 15 is 0 Å². The summed E-state index contributed by atoms with van der Waals surface area (Å²) >= 11 is 1.58. The van der Waals surface area contributed by atoms with E-state index in [0.29, 0.717) is 23.8 Å². The second-order valence-corrected chi connectivity index (χ2v) is 8.50. The molecule has 1 aromatic carbocycles. The van der Waals surface area contributed by atoms with Gasteiger partial charge in [0.2, 0.25) is 0 Å². The van der Waals surface area contributed by atoms with Gasteiger partial charge in [0.15, 0.2) is 11.6 Å². The Morgan fingerprint density at radius 2 is 2.12 bits per heavy atom. The Balaban J connectivity index is 1.64. The number of benzene rings is 1. The molecule has 1 N–H and O–H groups in total. The highest BCUT2D eigenvalue weighted by atomic mass is 32.2. The molecule has 2 aliphatic heterocycles. The van der Waals surface area contributed by atoms with Crippen LogP contribution in [0.25, 0.3) is 0 Å². The number of piperidine rings is 1. The van der Waals surface area contributed by atoms with Crippen LogP contribution in [0.1, 0.15) is 51.0 Å². The third kappa shape index (κ3) is 4.17. The lowest BCUT2D eigenvalue weighted by atomic mass is 9.74. The number of fused-ring (bicyclic) bond motifs is 2. The van der Waals surface area contributed by atoms with Crippen molar-refractivity contribution in [1.82, 2.24) is 4.90 Å². The van der Waals surface area contributed by atoms with Gasteiger partial charge >= 0.3 is 5.97 Å². The number of aliphatic carboxylic acids is 1. The number of nitrogens with zero attached hydrogens (tertiary/aromatic N) is 1. The molecule has 0 amide bonds. The Hall–Kier alpha value is -1.27. The third-order valence-corrected chi connectivity index (χ3v) is 6.71. The molecule has 2 heterocycles. The van der Waals surface area contributed by atoms with Gasteiger partial charge in [-0.25, -0.2) is 4.39 Å². The monoisotopic (exact) mass is 381 g/mol. The predicted molar refractivity (Wildman–Crippen MR) is 102 cm³/mol. The molecule has 0 aliphatic carbocycles. The maximum absolute atomic E-state index is 14.9. The molecular formula is C20H28FNO3S. The van der Waals surface area contributed by atoms with Crippen molar-refractivity contribution in [2.24, 2.45) is 0 Å². The maximum Gasteiger partial charge on any atom is 0.304 e. The van der Waals surface area contributed by atoms with Gasteiger partial charge in [0.25, 0.3) is 0 Å². The van der Waals surface area contributed by atoms with Crippen LogP contribution >= 0.6 is 11.8 Å². The first kappa shape index (κ1) is 19.5. The fraction of sp³-hybridized carbons (Fsp3) is 0.650. The van der Waals surface area contributed by atoms with Crippen molar-refractivity contribution < 1.29 is 19.0 Å². The Kier molecular flexibility index (Phi) is 6.46. The molecule has 1 aromatic rings. The highest BCUT2D eigenvalue weighted by molar-refractivity contribution is 7.99. The zero-order chi connectivity index (χ0) is 18.6. The summed E-state index contributed by atoms with van der Waals surface area (Å²) in [6, 6.07) is 3.97. The smallest absolute Gasteiger partial charge is 0.304 e. The highest BCUT2D eigenvalue weighted by Crippen LogP contribution is 2.48. The van der Waals surface area contributed by atoms with Crippen LogP contribution in [-0.4, -0.2) is 48.0 Å². The summed E-state index contributed by atoms with van der Waals surface area (Å²) in [4.78, 5) is 13.6.